The largest absolute Gasteiger partial charge is 0.490 e. The molecule has 0 aliphatic carbocycles. The predicted molar refractivity (Wildman–Crippen MR) is 109 cm³/mol. The lowest BCUT2D eigenvalue weighted by molar-refractivity contribution is -0.130. The molecule has 0 radical (unpaired) electrons. The number of nitrogens with one attached hydrogen (secondary N) is 1. The van der Waals surface area contributed by atoms with Gasteiger partial charge in [0.05, 0.1) is 23.5 Å². The molecule has 0 heterocycles. The highest BCUT2D eigenvalue weighted by Crippen LogP contribution is 2.36. The molecular formula is C20H24ClN3O3. The summed E-state index contributed by atoms with van der Waals surface area (Å²) in [7, 11) is 3.33. The number of nitrogens with zero attached hydrogens (tertiary/aromatic N) is 2. The van der Waals surface area contributed by atoms with Gasteiger partial charge in [-0.05, 0) is 43.7 Å². The number of amides is 1. The van der Waals surface area contributed by atoms with E-state index in [1.807, 2.05) is 38.1 Å². The molecule has 0 saturated carbocycles. The SMILES string of the molecule is CCOc1cc(/C=N\Nc2ccc(C)cc2)cc(Cl)c1OCC(=O)N(C)C. The van der Waals surface area contributed by atoms with E-state index in [2.05, 4.69) is 10.5 Å². The van der Waals surface area contributed by atoms with Crippen molar-refractivity contribution in [2.24, 2.45) is 5.10 Å². The molecule has 0 fully saturated rings. The molecule has 0 bridgehead atoms. The van der Waals surface area contributed by atoms with Gasteiger partial charge in [-0.25, -0.2) is 0 Å². The summed E-state index contributed by atoms with van der Waals surface area (Å²) in [5, 5.41) is 4.57. The van der Waals surface area contributed by atoms with Gasteiger partial charge in [-0.15, -0.1) is 0 Å². The van der Waals surface area contributed by atoms with Crippen molar-refractivity contribution in [3.8, 4) is 11.5 Å². The van der Waals surface area contributed by atoms with Crippen molar-refractivity contribution < 1.29 is 14.3 Å². The summed E-state index contributed by atoms with van der Waals surface area (Å²) in [4.78, 5) is 13.2. The van der Waals surface area contributed by atoms with Crippen LogP contribution in [0.1, 0.15) is 18.1 Å². The molecule has 0 saturated heterocycles. The predicted octanol–water partition coefficient (Wildman–Crippen LogP) is 3.96. The molecular weight excluding hydrogens is 366 g/mol. The molecule has 0 aromatic heterocycles. The second-order valence-corrected chi connectivity index (χ2v) is 6.48. The Bertz CT molecular complexity index is 805. The van der Waals surface area contributed by atoms with E-state index in [0.717, 1.165) is 11.3 Å². The molecule has 7 heteroatoms. The van der Waals surface area contributed by atoms with E-state index in [1.165, 1.54) is 10.5 Å². The van der Waals surface area contributed by atoms with Gasteiger partial charge in [-0.3, -0.25) is 10.2 Å². The minimum atomic E-state index is -0.165. The third kappa shape index (κ3) is 6.18. The van der Waals surface area contributed by atoms with Crippen LogP contribution in [0.3, 0.4) is 0 Å². The number of aryl methyl sites for hydroxylation is 1. The molecule has 144 valence electrons. The molecule has 0 unspecified atom stereocenters. The standard InChI is InChI=1S/C20H24ClN3O3/c1-5-26-18-11-15(12-22-23-16-8-6-14(2)7-9-16)10-17(21)20(18)27-13-19(25)24(3)4/h6-12,23H,5,13H2,1-4H3/b22-12-. The number of hydrogen-bond acceptors (Lipinski definition) is 5. The average molecular weight is 390 g/mol. The molecule has 2 aromatic carbocycles. The number of benzene rings is 2. The van der Waals surface area contributed by atoms with Crippen LogP contribution in [0.25, 0.3) is 0 Å². The highest BCUT2D eigenvalue weighted by Gasteiger charge is 2.14. The lowest BCUT2D eigenvalue weighted by Crippen LogP contribution is -2.27. The number of anilines is 1. The highest BCUT2D eigenvalue weighted by molar-refractivity contribution is 6.32. The lowest BCUT2D eigenvalue weighted by atomic mass is 10.2. The summed E-state index contributed by atoms with van der Waals surface area (Å²) < 4.78 is 11.2. The van der Waals surface area contributed by atoms with Gasteiger partial charge >= 0.3 is 0 Å². The molecule has 0 atom stereocenters. The summed E-state index contributed by atoms with van der Waals surface area (Å²) in [5.41, 5.74) is 5.77. The normalized spacial score (nSPS) is 10.7. The Morgan fingerprint density at radius 3 is 2.56 bits per heavy atom. The first-order valence-electron chi connectivity index (χ1n) is 8.55. The van der Waals surface area contributed by atoms with Crippen LogP contribution in [-0.2, 0) is 4.79 Å². The Labute approximate surface area is 164 Å². The Morgan fingerprint density at radius 1 is 1.22 bits per heavy atom. The van der Waals surface area contributed by atoms with Gasteiger partial charge in [0.15, 0.2) is 18.1 Å². The van der Waals surface area contributed by atoms with Crippen LogP contribution in [-0.4, -0.2) is 44.3 Å². The van der Waals surface area contributed by atoms with E-state index < -0.39 is 0 Å². The zero-order valence-electron chi connectivity index (χ0n) is 16.0. The second-order valence-electron chi connectivity index (χ2n) is 6.08. The van der Waals surface area contributed by atoms with Gasteiger partial charge in [0.1, 0.15) is 0 Å². The smallest absolute Gasteiger partial charge is 0.259 e. The zero-order chi connectivity index (χ0) is 19.8. The van der Waals surface area contributed by atoms with Gasteiger partial charge in [-0.2, -0.15) is 5.10 Å². The maximum absolute atomic E-state index is 11.7. The first-order chi connectivity index (χ1) is 12.9. The Kier molecular flexibility index (Phi) is 7.49. The fraction of sp³-hybridized carbons (Fsp3) is 0.300. The minimum absolute atomic E-state index is 0.116. The fourth-order valence-corrected chi connectivity index (χ4v) is 2.41. The van der Waals surface area contributed by atoms with Crippen molar-refractivity contribution in [2.75, 3.05) is 32.7 Å². The first-order valence-corrected chi connectivity index (χ1v) is 8.93. The number of hydrogen-bond donors (Lipinski definition) is 1. The summed E-state index contributed by atoms with van der Waals surface area (Å²) >= 11 is 6.33. The van der Waals surface area contributed by atoms with E-state index >= 15 is 0 Å². The van der Waals surface area contributed by atoms with Gasteiger partial charge in [0.2, 0.25) is 0 Å². The molecule has 0 aliphatic heterocycles. The summed E-state index contributed by atoms with van der Waals surface area (Å²) in [5.74, 6) is 0.646. The summed E-state index contributed by atoms with van der Waals surface area (Å²) in [6.45, 7) is 4.22. The van der Waals surface area contributed by atoms with Crippen LogP contribution in [0.5, 0.6) is 11.5 Å². The number of carbonyl (C=O) groups excluding carboxylic acids is 1. The maximum Gasteiger partial charge on any atom is 0.259 e. The molecule has 6 nitrogen and oxygen atoms in total. The molecule has 27 heavy (non-hydrogen) atoms. The molecule has 1 N–H and O–H groups in total. The maximum atomic E-state index is 11.7. The summed E-state index contributed by atoms with van der Waals surface area (Å²) in [6.07, 6.45) is 1.64. The van der Waals surface area contributed by atoms with E-state index in [-0.39, 0.29) is 12.5 Å². The van der Waals surface area contributed by atoms with Crippen LogP contribution in [0.2, 0.25) is 5.02 Å². The third-order valence-corrected chi connectivity index (χ3v) is 3.91. The van der Waals surface area contributed by atoms with Gasteiger partial charge in [0, 0.05) is 14.1 Å². The van der Waals surface area contributed by atoms with E-state index in [9.17, 15) is 4.79 Å². The number of likely N-dealkylation sites (N-methyl/N-ethyl adjacent to an activating group) is 1. The molecule has 2 aromatic rings. The Hall–Kier alpha value is -2.73. The highest BCUT2D eigenvalue weighted by atomic mass is 35.5. The molecule has 2 rings (SSSR count). The van der Waals surface area contributed by atoms with Gasteiger partial charge in [-0.1, -0.05) is 29.3 Å². The Balaban J connectivity index is 2.14. The number of rotatable bonds is 8. The number of carbonyl (C=O) groups is 1. The number of ether oxygens (including phenoxy) is 2. The lowest BCUT2D eigenvalue weighted by Gasteiger charge is -2.16. The van der Waals surface area contributed by atoms with Crippen molar-refractivity contribution in [3.63, 3.8) is 0 Å². The van der Waals surface area contributed by atoms with Gasteiger partial charge < -0.3 is 14.4 Å². The molecule has 1 amide bonds. The molecule has 0 spiro atoms. The van der Waals surface area contributed by atoms with Crippen LogP contribution < -0.4 is 14.9 Å². The zero-order valence-corrected chi connectivity index (χ0v) is 16.7. The average Bonchev–Trinajstić information content (AvgIpc) is 2.62. The minimum Gasteiger partial charge on any atom is -0.490 e. The number of hydrazone groups is 1. The van der Waals surface area contributed by atoms with Crippen molar-refractivity contribution in [3.05, 3.63) is 52.5 Å². The monoisotopic (exact) mass is 389 g/mol. The van der Waals surface area contributed by atoms with Crippen molar-refractivity contribution in [1.82, 2.24) is 4.90 Å². The van der Waals surface area contributed by atoms with E-state index in [0.29, 0.717) is 23.1 Å². The molecule has 0 aliphatic rings. The van der Waals surface area contributed by atoms with Crippen LogP contribution >= 0.6 is 11.6 Å². The van der Waals surface area contributed by atoms with Crippen molar-refractivity contribution in [2.45, 2.75) is 13.8 Å². The first kappa shape index (κ1) is 20.6. The third-order valence-electron chi connectivity index (χ3n) is 3.63. The second kappa shape index (κ2) is 9.83. The van der Waals surface area contributed by atoms with Crippen LogP contribution in [0.4, 0.5) is 5.69 Å². The summed E-state index contributed by atoms with van der Waals surface area (Å²) in [6, 6.07) is 11.4. The van der Waals surface area contributed by atoms with Gasteiger partial charge in [0.25, 0.3) is 5.91 Å². The quantitative estimate of drug-likeness (QED) is 0.548. The Morgan fingerprint density at radius 2 is 1.93 bits per heavy atom. The van der Waals surface area contributed by atoms with Crippen molar-refractivity contribution >= 4 is 29.4 Å². The van der Waals surface area contributed by atoms with E-state index in [1.54, 1.807) is 32.4 Å². The van der Waals surface area contributed by atoms with Crippen LogP contribution in [0.15, 0.2) is 41.5 Å². The fourth-order valence-electron chi connectivity index (χ4n) is 2.14. The van der Waals surface area contributed by atoms with Crippen molar-refractivity contribution in [1.29, 1.82) is 0 Å². The van der Waals surface area contributed by atoms with E-state index in [4.69, 9.17) is 21.1 Å². The topological polar surface area (TPSA) is 63.2 Å². The van der Waals surface area contributed by atoms with Crippen LogP contribution in [0, 0.1) is 6.92 Å². The number of halogens is 1.